The lowest BCUT2D eigenvalue weighted by Crippen LogP contribution is -2.36. The summed E-state index contributed by atoms with van der Waals surface area (Å²) < 4.78 is 45.1. The number of ether oxygens (including phenoxy) is 1. The molecule has 1 aromatic heterocycles. The van der Waals surface area contributed by atoms with E-state index < -0.39 is 24.7 Å². The number of H-pyrrole nitrogens is 1. The number of aromatic nitrogens is 1. The van der Waals surface area contributed by atoms with Gasteiger partial charge < -0.3 is 9.72 Å². The summed E-state index contributed by atoms with van der Waals surface area (Å²) in [6, 6.07) is 3.12. The van der Waals surface area contributed by atoms with Crippen molar-refractivity contribution in [2.45, 2.75) is 6.18 Å². The van der Waals surface area contributed by atoms with E-state index >= 15 is 0 Å². The van der Waals surface area contributed by atoms with Crippen molar-refractivity contribution in [1.82, 2.24) is 4.98 Å². The number of amides is 1. The molecule has 2 heterocycles. The number of nitrogens with zero attached hydrogens (tertiary/aromatic N) is 2. The van der Waals surface area contributed by atoms with Gasteiger partial charge in [0.25, 0.3) is 0 Å². The summed E-state index contributed by atoms with van der Waals surface area (Å²) in [5.74, 6) is -1.85. The third-order valence-corrected chi connectivity index (χ3v) is 4.86. The number of aromatic amines is 1. The highest BCUT2D eigenvalue weighted by molar-refractivity contribution is 9.10. The van der Waals surface area contributed by atoms with Gasteiger partial charge in [0, 0.05) is 17.1 Å². The van der Waals surface area contributed by atoms with E-state index in [1.165, 1.54) is 13.3 Å². The van der Waals surface area contributed by atoms with E-state index in [0.717, 1.165) is 0 Å². The molecule has 1 amide bonds. The number of hydrogen-bond acceptors (Lipinski definition) is 4. The highest BCUT2D eigenvalue weighted by Gasteiger charge is 2.45. The topological polar surface area (TPSA) is 78.8 Å². The lowest BCUT2D eigenvalue weighted by Gasteiger charge is -2.23. The minimum atomic E-state index is -4.51. The predicted octanol–water partition coefficient (Wildman–Crippen LogP) is 4.68. The third-order valence-electron chi connectivity index (χ3n) is 3.83. The summed E-state index contributed by atoms with van der Waals surface area (Å²) in [6.45, 7) is -0.517. The second-order valence-electron chi connectivity index (χ2n) is 5.37. The van der Waals surface area contributed by atoms with Gasteiger partial charge in [-0.3, -0.25) is 10.3 Å². The zero-order valence-corrected chi connectivity index (χ0v) is 15.5. The highest BCUT2D eigenvalue weighted by atomic mass is 79.9. The van der Waals surface area contributed by atoms with Gasteiger partial charge in [-0.1, -0.05) is 6.07 Å². The first-order valence-corrected chi connectivity index (χ1v) is 8.39. The molecule has 11 heteroatoms. The molecule has 3 rings (SSSR count). The van der Waals surface area contributed by atoms with Crippen LogP contribution in [0.5, 0.6) is 0 Å². The van der Waals surface area contributed by atoms with Crippen LogP contribution >= 0.6 is 27.5 Å². The van der Waals surface area contributed by atoms with Gasteiger partial charge in [-0.2, -0.15) is 13.2 Å². The lowest BCUT2D eigenvalue weighted by atomic mass is 9.94. The van der Waals surface area contributed by atoms with Crippen molar-refractivity contribution in [3.63, 3.8) is 0 Å². The zero-order chi connectivity index (χ0) is 19.1. The van der Waals surface area contributed by atoms with E-state index in [1.54, 1.807) is 12.1 Å². The fraction of sp³-hybridized carbons (Fsp3) is 0.267. The average Bonchev–Trinajstić information content (AvgIpc) is 3.00. The summed E-state index contributed by atoms with van der Waals surface area (Å²) >= 11 is 9.07. The molecule has 0 bridgehead atoms. The molecular weight excluding hydrogens is 441 g/mol. The molecule has 0 radical (unpaired) electrons. The average molecular weight is 452 g/mol. The zero-order valence-electron chi connectivity index (χ0n) is 13.1. The van der Waals surface area contributed by atoms with Gasteiger partial charge in [-0.05, 0) is 33.6 Å². The Morgan fingerprint density at radius 3 is 2.85 bits per heavy atom. The van der Waals surface area contributed by atoms with Crippen LogP contribution < -0.4 is 5.32 Å². The van der Waals surface area contributed by atoms with Gasteiger partial charge in [0.2, 0.25) is 5.29 Å². The van der Waals surface area contributed by atoms with Crippen molar-refractivity contribution in [3.8, 4) is 0 Å². The number of nitrogens with one attached hydrogen (secondary N) is 2. The van der Waals surface area contributed by atoms with Crippen LogP contribution in [0.4, 0.5) is 23.7 Å². The van der Waals surface area contributed by atoms with E-state index in [0.29, 0.717) is 21.1 Å². The summed E-state index contributed by atoms with van der Waals surface area (Å²) in [4.78, 5) is 21.7. The first kappa shape index (κ1) is 18.7. The summed E-state index contributed by atoms with van der Waals surface area (Å²) in [6.07, 6.45) is -3.76. The number of carbonyl (C=O) groups is 1. The summed E-state index contributed by atoms with van der Waals surface area (Å²) in [5.41, 5.74) is 0.955. The van der Waals surface area contributed by atoms with E-state index in [2.05, 4.69) is 41.0 Å². The van der Waals surface area contributed by atoms with Crippen molar-refractivity contribution < 1.29 is 22.7 Å². The molecule has 0 saturated heterocycles. The summed E-state index contributed by atoms with van der Waals surface area (Å²) in [5, 5.41) is 2.77. The standard InChI is InChI=1S/C15H11BrClF3N4O2/c1-26-14(25)23-9-3-2-6-7(4-21-12(6)10(9)16)11-8(15(18,19)20)5-22-13(17)24-11/h2-4,8,21H,5H2,1H3,(H,23,25). The highest BCUT2D eigenvalue weighted by Crippen LogP contribution is 2.37. The molecule has 1 atom stereocenters. The van der Waals surface area contributed by atoms with Gasteiger partial charge in [-0.25, -0.2) is 9.79 Å². The third kappa shape index (κ3) is 3.43. The molecule has 138 valence electrons. The van der Waals surface area contributed by atoms with Gasteiger partial charge in [-0.15, -0.1) is 0 Å². The molecule has 0 aliphatic carbocycles. The molecule has 1 aliphatic rings. The van der Waals surface area contributed by atoms with Gasteiger partial charge in [0.1, 0.15) is 5.92 Å². The van der Waals surface area contributed by atoms with E-state index in [9.17, 15) is 18.0 Å². The number of halogens is 5. The number of alkyl halides is 3. The number of methoxy groups -OCH3 is 1. The number of anilines is 1. The minimum absolute atomic E-state index is 0.204. The largest absolute Gasteiger partial charge is 0.453 e. The number of carbonyl (C=O) groups excluding carboxylic acids is 1. The lowest BCUT2D eigenvalue weighted by molar-refractivity contribution is -0.152. The Bertz CT molecular complexity index is 939. The second-order valence-corrected chi connectivity index (χ2v) is 6.50. The Morgan fingerprint density at radius 2 is 2.19 bits per heavy atom. The SMILES string of the molecule is COC(=O)Nc1ccc2c(C3=NC(Cl)=NCC3C(F)(F)F)c[nH]c2c1Br. The van der Waals surface area contributed by atoms with Crippen molar-refractivity contribution in [2.75, 3.05) is 19.0 Å². The summed E-state index contributed by atoms with van der Waals surface area (Å²) in [7, 11) is 1.22. The molecule has 1 aliphatic heterocycles. The van der Waals surface area contributed by atoms with Gasteiger partial charge in [0.15, 0.2) is 0 Å². The second kappa shape index (κ2) is 6.92. The van der Waals surface area contributed by atoms with Crippen molar-refractivity contribution in [1.29, 1.82) is 0 Å². The first-order valence-electron chi connectivity index (χ1n) is 7.22. The molecule has 0 saturated carbocycles. The van der Waals surface area contributed by atoms with Crippen LogP contribution in [-0.2, 0) is 4.74 Å². The van der Waals surface area contributed by atoms with Crippen LogP contribution in [0.25, 0.3) is 10.9 Å². The maximum Gasteiger partial charge on any atom is 0.411 e. The fourth-order valence-electron chi connectivity index (χ4n) is 2.61. The van der Waals surface area contributed by atoms with Crippen LogP contribution in [0.1, 0.15) is 5.56 Å². The molecule has 2 aromatic rings. The van der Waals surface area contributed by atoms with Gasteiger partial charge in [0.05, 0.1) is 35.0 Å². The molecule has 0 spiro atoms. The van der Waals surface area contributed by atoms with Crippen LogP contribution in [0.3, 0.4) is 0 Å². The molecule has 2 N–H and O–H groups in total. The Labute approximate surface area is 158 Å². The van der Waals surface area contributed by atoms with E-state index in [-0.39, 0.29) is 16.6 Å². The Morgan fingerprint density at radius 1 is 1.46 bits per heavy atom. The number of aliphatic imine (C=N–C) groups is 2. The Balaban J connectivity index is 2.10. The Hall–Kier alpha value is -2.07. The maximum atomic E-state index is 13.4. The molecule has 26 heavy (non-hydrogen) atoms. The smallest absolute Gasteiger partial charge is 0.411 e. The normalized spacial score (nSPS) is 17.7. The fourth-order valence-corrected chi connectivity index (χ4v) is 3.32. The maximum absolute atomic E-state index is 13.4. The van der Waals surface area contributed by atoms with Gasteiger partial charge >= 0.3 is 12.3 Å². The quantitative estimate of drug-likeness (QED) is 0.650. The van der Waals surface area contributed by atoms with E-state index in [4.69, 9.17) is 11.6 Å². The molecular formula is C15H11BrClF3N4O2. The molecule has 1 unspecified atom stereocenters. The Kier molecular flexibility index (Phi) is 4.98. The monoisotopic (exact) mass is 450 g/mol. The van der Waals surface area contributed by atoms with E-state index in [1.807, 2.05) is 0 Å². The number of hydrogen-bond donors (Lipinski definition) is 2. The molecule has 1 aromatic carbocycles. The van der Waals surface area contributed by atoms with Crippen LogP contribution in [0.2, 0.25) is 0 Å². The van der Waals surface area contributed by atoms with Crippen molar-refractivity contribution in [3.05, 3.63) is 28.4 Å². The minimum Gasteiger partial charge on any atom is -0.453 e. The van der Waals surface area contributed by atoms with Crippen LogP contribution in [0, 0.1) is 5.92 Å². The number of fused-ring (bicyclic) bond motifs is 1. The predicted molar refractivity (Wildman–Crippen MR) is 96.3 cm³/mol. The number of benzene rings is 1. The van der Waals surface area contributed by atoms with Crippen molar-refractivity contribution >= 4 is 61.2 Å². The van der Waals surface area contributed by atoms with Crippen molar-refractivity contribution in [2.24, 2.45) is 15.9 Å². The number of amidine groups is 1. The van der Waals surface area contributed by atoms with Crippen LogP contribution in [0.15, 0.2) is 32.8 Å². The first-order chi connectivity index (χ1) is 12.2. The molecule has 6 nitrogen and oxygen atoms in total. The number of rotatable bonds is 2. The molecule has 0 fully saturated rings. The van der Waals surface area contributed by atoms with Crippen LogP contribution in [-0.4, -0.2) is 41.9 Å².